The summed E-state index contributed by atoms with van der Waals surface area (Å²) in [5, 5.41) is 9.03. The summed E-state index contributed by atoms with van der Waals surface area (Å²) in [4.78, 5) is 24.5. The molecule has 0 aromatic heterocycles. The number of aliphatic carboxylic acids is 1. The topological polar surface area (TPSA) is 57.6 Å². The van der Waals surface area contributed by atoms with E-state index in [0.29, 0.717) is 18.9 Å². The summed E-state index contributed by atoms with van der Waals surface area (Å²) in [5.74, 6) is -0.232. The highest BCUT2D eigenvalue weighted by Gasteiger charge is 2.44. The summed E-state index contributed by atoms with van der Waals surface area (Å²) in [7, 11) is 0. The fourth-order valence-electron chi connectivity index (χ4n) is 2.33. The number of likely N-dealkylation sites (tertiary alicyclic amines) is 1. The minimum atomic E-state index is -0.851. The van der Waals surface area contributed by atoms with Crippen LogP contribution in [0.4, 0.5) is 0 Å². The van der Waals surface area contributed by atoms with E-state index in [-0.39, 0.29) is 11.8 Å². The largest absolute Gasteiger partial charge is 0.480 e. The van der Waals surface area contributed by atoms with E-state index >= 15 is 0 Å². The number of carbonyl (C=O) groups excluding carboxylic acids is 1. The Morgan fingerprint density at radius 1 is 1.33 bits per heavy atom. The molecule has 1 amide bonds. The molecule has 1 aliphatic carbocycles. The van der Waals surface area contributed by atoms with Gasteiger partial charge in [-0.25, -0.2) is 4.79 Å². The molecule has 0 spiro atoms. The fourth-order valence-corrected chi connectivity index (χ4v) is 2.33. The highest BCUT2D eigenvalue weighted by atomic mass is 16.4. The second-order valence-electron chi connectivity index (χ2n) is 4.70. The van der Waals surface area contributed by atoms with Crippen molar-refractivity contribution in [2.24, 2.45) is 11.8 Å². The van der Waals surface area contributed by atoms with Gasteiger partial charge in [0.05, 0.1) is 0 Å². The van der Waals surface area contributed by atoms with Crippen LogP contribution in [0.3, 0.4) is 0 Å². The maximum Gasteiger partial charge on any atom is 0.326 e. The number of rotatable bonds is 2. The van der Waals surface area contributed by atoms with Gasteiger partial charge in [-0.3, -0.25) is 4.79 Å². The molecule has 1 saturated carbocycles. The van der Waals surface area contributed by atoms with Crippen molar-refractivity contribution in [3.8, 4) is 0 Å². The first-order valence-electron chi connectivity index (χ1n) is 5.64. The predicted molar refractivity (Wildman–Crippen MR) is 54.3 cm³/mol. The van der Waals surface area contributed by atoms with Crippen LogP contribution in [0.1, 0.15) is 32.6 Å². The number of carboxylic acid groups (broad SMARTS) is 1. The summed E-state index contributed by atoms with van der Waals surface area (Å²) in [6.07, 6.45) is 3.40. The quantitative estimate of drug-likeness (QED) is 0.744. The molecule has 15 heavy (non-hydrogen) atoms. The van der Waals surface area contributed by atoms with E-state index in [2.05, 4.69) is 0 Å². The standard InChI is InChI=1S/C11H17NO3/c1-7-6-8(7)10(13)12-5-3-2-4-9(12)11(14)15/h7-9H,2-6H2,1H3,(H,14,15)/t7?,8?,9-/m1/s1. The van der Waals surface area contributed by atoms with Crippen molar-refractivity contribution >= 4 is 11.9 Å². The van der Waals surface area contributed by atoms with E-state index in [9.17, 15) is 9.59 Å². The minimum absolute atomic E-state index is 0.0644. The van der Waals surface area contributed by atoms with Crippen LogP contribution in [0.5, 0.6) is 0 Å². The number of carbonyl (C=O) groups is 2. The third-order valence-corrected chi connectivity index (χ3v) is 3.50. The lowest BCUT2D eigenvalue weighted by Gasteiger charge is -2.33. The number of carboxylic acids is 1. The van der Waals surface area contributed by atoms with Crippen LogP contribution in [0.2, 0.25) is 0 Å². The number of amides is 1. The molecule has 0 bridgehead atoms. The molecule has 0 aromatic carbocycles. The van der Waals surface area contributed by atoms with E-state index < -0.39 is 12.0 Å². The summed E-state index contributed by atoms with van der Waals surface area (Å²) in [6, 6.07) is -0.570. The summed E-state index contributed by atoms with van der Waals surface area (Å²) >= 11 is 0. The lowest BCUT2D eigenvalue weighted by Crippen LogP contribution is -2.48. The molecule has 1 aliphatic heterocycles. The van der Waals surface area contributed by atoms with Gasteiger partial charge in [0, 0.05) is 12.5 Å². The van der Waals surface area contributed by atoms with Gasteiger partial charge in [-0.2, -0.15) is 0 Å². The number of piperidine rings is 1. The molecule has 4 nitrogen and oxygen atoms in total. The summed E-state index contributed by atoms with van der Waals surface area (Å²) in [5.41, 5.74) is 0. The van der Waals surface area contributed by atoms with Gasteiger partial charge in [0.15, 0.2) is 0 Å². The first-order valence-corrected chi connectivity index (χ1v) is 5.64. The molecule has 84 valence electrons. The molecule has 2 rings (SSSR count). The highest BCUT2D eigenvalue weighted by Crippen LogP contribution is 2.40. The van der Waals surface area contributed by atoms with Crippen molar-refractivity contribution in [2.45, 2.75) is 38.6 Å². The molecule has 2 aliphatic rings. The van der Waals surface area contributed by atoms with Gasteiger partial charge in [0.2, 0.25) is 5.91 Å². The third kappa shape index (κ3) is 1.98. The molecular formula is C11H17NO3. The van der Waals surface area contributed by atoms with Gasteiger partial charge in [-0.1, -0.05) is 6.92 Å². The van der Waals surface area contributed by atoms with E-state index in [4.69, 9.17) is 5.11 Å². The first kappa shape index (κ1) is 10.5. The summed E-state index contributed by atoms with van der Waals surface area (Å²) < 4.78 is 0. The Hall–Kier alpha value is -1.06. The normalized spacial score (nSPS) is 35.0. The Kier molecular flexibility index (Phi) is 2.67. The second-order valence-corrected chi connectivity index (χ2v) is 4.70. The Labute approximate surface area is 89.3 Å². The average Bonchev–Trinajstić information content (AvgIpc) is 2.94. The van der Waals surface area contributed by atoms with Crippen LogP contribution in [0.15, 0.2) is 0 Å². The van der Waals surface area contributed by atoms with Gasteiger partial charge in [0.25, 0.3) is 0 Å². The molecule has 1 heterocycles. The van der Waals surface area contributed by atoms with Gasteiger partial charge in [-0.15, -0.1) is 0 Å². The molecule has 2 fully saturated rings. The Bertz CT molecular complexity index is 290. The maximum atomic E-state index is 11.9. The first-order chi connectivity index (χ1) is 7.11. The van der Waals surface area contributed by atoms with Crippen LogP contribution in [-0.4, -0.2) is 34.5 Å². The van der Waals surface area contributed by atoms with Gasteiger partial charge in [0.1, 0.15) is 6.04 Å². The van der Waals surface area contributed by atoms with Crippen LogP contribution >= 0.6 is 0 Å². The molecule has 0 aromatic rings. The molecule has 3 atom stereocenters. The SMILES string of the molecule is CC1CC1C(=O)N1CCCC[C@@H]1C(=O)O. The van der Waals surface area contributed by atoms with E-state index in [0.717, 1.165) is 19.3 Å². The van der Waals surface area contributed by atoms with Crippen molar-refractivity contribution < 1.29 is 14.7 Å². The summed E-state index contributed by atoms with van der Waals surface area (Å²) in [6.45, 7) is 2.67. The zero-order chi connectivity index (χ0) is 11.0. The smallest absolute Gasteiger partial charge is 0.326 e. The van der Waals surface area contributed by atoms with E-state index in [1.807, 2.05) is 6.92 Å². The van der Waals surface area contributed by atoms with Gasteiger partial charge < -0.3 is 10.0 Å². The van der Waals surface area contributed by atoms with Crippen LogP contribution in [-0.2, 0) is 9.59 Å². The zero-order valence-corrected chi connectivity index (χ0v) is 8.98. The molecule has 1 N–H and O–H groups in total. The van der Waals surface area contributed by atoms with Crippen LogP contribution in [0, 0.1) is 11.8 Å². The second kappa shape index (κ2) is 3.83. The Morgan fingerprint density at radius 2 is 2.00 bits per heavy atom. The van der Waals surface area contributed by atoms with Crippen LogP contribution < -0.4 is 0 Å². The predicted octanol–water partition coefficient (Wildman–Crippen LogP) is 1.11. The number of hydrogen-bond acceptors (Lipinski definition) is 2. The number of hydrogen-bond donors (Lipinski definition) is 1. The fraction of sp³-hybridized carbons (Fsp3) is 0.818. The van der Waals surface area contributed by atoms with Crippen molar-refractivity contribution in [2.75, 3.05) is 6.54 Å². The van der Waals surface area contributed by atoms with Crippen LogP contribution in [0.25, 0.3) is 0 Å². The van der Waals surface area contributed by atoms with Gasteiger partial charge in [-0.05, 0) is 31.6 Å². The Morgan fingerprint density at radius 3 is 2.53 bits per heavy atom. The lowest BCUT2D eigenvalue weighted by molar-refractivity contribution is -0.152. The third-order valence-electron chi connectivity index (χ3n) is 3.50. The molecule has 4 heteroatoms. The minimum Gasteiger partial charge on any atom is -0.480 e. The highest BCUT2D eigenvalue weighted by molar-refractivity contribution is 5.87. The van der Waals surface area contributed by atoms with E-state index in [1.54, 1.807) is 4.90 Å². The Balaban J connectivity index is 2.04. The maximum absolute atomic E-state index is 11.9. The van der Waals surface area contributed by atoms with Crippen molar-refractivity contribution in [1.82, 2.24) is 4.90 Å². The molecule has 2 unspecified atom stereocenters. The monoisotopic (exact) mass is 211 g/mol. The average molecular weight is 211 g/mol. The lowest BCUT2D eigenvalue weighted by atomic mass is 10.0. The molecular weight excluding hydrogens is 194 g/mol. The number of nitrogens with zero attached hydrogens (tertiary/aromatic N) is 1. The van der Waals surface area contributed by atoms with Gasteiger partial charge >= 0.3 is 5.97 Å². The van der Waals surface area contributed by atoms with Crippen molar-refractivity contribution in [1.29, 1.82) is 0 Å². The van der Waals surface area contributed by atoms with Crippen molar-refractivity contribution in [3.05, 3.63) is 0 Å². The zero-order valence-electron chi connectivity index (χ0n) is 8.98. The molecule has 1 saturated heterocycles. The molecule has 0 radical (unpaired) electrons. The van der Waals surface area contributed by atoms with Crippen molar-refractivity contribution in [3.63, 3.8) is 0 Å². The van der Waals surface area contributed by atoms with E-state index in [1.165, 1.54) is 0 Å².